The second-order valence-electron chi connectivity index (χ2n) is 9.32. The van der Waals surface area contributed by atoms with Gasteiger partial charge in [0, 0.05) is 49.1 Å². The van der Waals surface area contributed by atoms with E-state index in [4.69, 9.17) is 5.10 Å². The SMILES string of the molecule is Cc1ccc(C(=O)N(Cc2nn(C)c3c2CN(S(=O)(=O)c2cccc(C#N)c2)CC3)c2ccccc2)cc1. The Labute approximate surface area is 222 Å². The van der Waals surface area contributed by atoms with Gasteiger partial charge in [0.05, 0.1) is 28.8 Å². The third kappa shape index (κ3) is 4.84. The monoisotopic (exact) mass is 525 g/mol. The summed E-state index contributed by atoms with van der Waals surface area (Å²) in [6.07, 6.45) is 0.493. The summed E-state index contributed by atoms with van der Waals surface area (Å²) < 4.78 is 30.1. The fourth-order valence-electron chi connectivity index (χ4n) is 4.74. The van der Waals surface area contributed by atoms with Crippen molar-refractivity contribution < 1.29 is 13.2 Å². The summed E-state index contributed by atoms with van der Waals surface area (Å²) in [7, 11) is -1.98. The van der Waals surface area contributed by atoms with Crippen LogP contribution in [0.5, 0.6) is 0 Å². The molecule has 3 aromatic carbocycles. The lowest BCUT2D eigenvalue weighted by Crippen LogP contribution is -2.37. The number of fused-ring (bicyclic) bond motifs is 1. The molecule has 9 heteroatoms. The van der Waals surface area contributed by atoms with Crippen molar-refractivity contribution in [1.29, 1.82) is 5.26 Å². The van der Waals surface area contributed by atoms with Crippen molar-refractivity contribution in [3.8, 4) is 6.07 Å². The molecule has 0 saturated heterocycles. The lowest BCUT2D eigenvalue weighted by Gasteiger charge is -2.28. The molecule has 2 heterocycles. The molecule has 1 amide bonds. The Morgan fingerprint density at radius 2 is 1.79 bits per heavy atom. The lowest BCUT2D eigenvalue weighted by atomic mass is 10.1. The molecule has 1 aromatic heterocycles. The van der Waals surface area contributed by atoms with E-state index in [2.05, 4.69) is 0 Å². The molecule has 0 N–H and O–H groups in total. The number of rotatable bonds is 6. The molecule has 4 aromatic rings. The fourth-order valence-corrected chi connectivity index (χ4v) is 6.20. The number of nitrogens with zero attached hydrogens (tertiary/aromatic N) is 5. The first kappa shape index (κ1) is 25.4. The van der Waals surface area contributed by atoms with Gasteiger partial charge in [-0.1, -0.05) is 42.0 Å². The van der Waals surface area contributed by atoms with Gasteiger partial charge < -0.3 is 4.90 Å². The zero-order valence-electron chi connectivity index (χ0n) is 21.2. The molecule has 8 nitrogen and oxygen atoms in total. The molecule has 1 aliphatic heterocycles. The van der Waals surface area contributed by atoms with Crippen LogP contribution in [0.1, 0.15) is 38.4 Å². The third-order valence-electron chi connectivity index (χ3n) is 6.81. The number of para-hydroxylation sites is 1. The summed E-state index contributed by atoms with van der Waals surface area (Å²) in [4.78, 5) is 15.4. The Morgan fingerprint density at radius 1 is 1.05 bits per heavy atom. The minimum Gasteiger partial charge on any atom is -0.302 e. The molecule has 1 aliphatic rings. The van der Waals surface area contributed by atoms with Crippen molar-refractivity contribution in [2.45, 2.75) is 31.3 Å². The number of aromatic nitrogens is 2. The van der Waals surface area contributed by atoms with Gasteiger partial charge in [-0.25, -0.2) is 8.42 Å². The van der Waals surface area contributed by atoms with Crippen molar-refractivity contribution in [2.75, 3.05) is 11.4 Å². The molecular weight excluding hydrogens is 498 g/mol. The van der Waals surface area contributed by atoms with E-state index < -0.39 is 10.0 Å². The topological polar surface area (TPSA) is 99.3 Å². The van der Waals surface area contributed by atoms with E-state index >= 15 is 0 Å². The highest BCUT2D eigenvalue weighted by Crippen LogP contribution is 2.29. The molecular formula is C29H27N5O3S. The molecule has 0 spiro atoms. The Hall–Kier alpha value is -4.26. The van der Waals surface area contributed by atoms with E-state index in [1.165, 1.54) is 16.4 Å². The molecule has 0 bridgehead atoms. The van der Waals surface area contributed by atoms with E-state index in [1.807, 2.05) is 74.6 Å². The van der Waals surface area contributed by atoms with E-state index in [0.29, 0.717) is 29.8 Å². The second-order valence-corrected chi connectivity index (χ2v) is 11.3. The normalized spacial score (nSPS) is 13.5. The van der Waals surface area contributed by atoms with Gasteiger partial charge in [-0.05, 0) is 49.4 Å². The highest BCUT2D eigenvalue weighted by Gasteiger charge is 2.33. The Balaban J connectivity index is 1.49. The van der Waals surface area contributed by atoms with E-state index in [1.54, 1.807) is 21.7 Å². The average molecular weight is 526 g/mol. The van der Waals surface area contributed by atoms with Gasteiger partial charge >= 0.3 is 0 Å². The van der Waals surface area contributed by atoms with Gasteiger partial charge in [-0.15, -0.1) is 0 Å². The van der Waals surface area contributed by atoms with Crippen molar-refractivity contribution in [3.63, 3.8) is 0 Å². The van der Waals surface area contributed by atoms with Crippen molar-refractivity contribution in [3.05, 3.63) is 113 Å². The van der Waals surface area contributed by atoms with E-state index in [9.17, 15) is 18.5 Å². The first-order valence-corrected chi connectivity index (χ1v) is 13.7. The van der Waals surface area contributed by atoms with Crippen molar-refractivity contribution in [1.82, 2.24) is 14.1 Å². The standard InChI is InChI=1S/C29H27N5O3S/c1-21-11-13-23(14-12-21)29(35)34(24-8-4-3-5-9-24)20-27-26-19-33(16-15-28(26)32(2)31-27)38(36,37)25-10-6-7-22(17-25)18-30/h3-14,17H,15-16,19-20H2,1-2H3. The maximum absolute atomic E-state index is 13.7. The van der Waals surface area contributed by atoms with E-state index in [-0.39, 0.29) is 23.9 Å². The minimum absolute atomic E-state index is 0.0888. The van der Waals surface area contributed by atoms with Crippen LogP contribution in [0.2, 0.25) is 0 Å². The predicted molar refractivity (Wildman–Crippen MR) is 144 cm³/mol. The Morgan fingerprint density at radius 3 is 2.50 bits per heavy atom. The average Bonchev–Trinajstić information content (AvgIpc) is 3.26. The number of aryl methyl sites for hydroxylation is 2. The van der Waals surface area contributed by atoms with Crippen LogP contribution in [0, 0.1) is 18.3 Å². The first-order valence-electron chi connectivity index (χ1n) is 12.3. The number of sulfonamides is 1. The summed E-state index contributed by atoms with van der Waals surface area (Å²) in [5.41, 5.74) is 5.05. The summed E-state index contributed by atoms with van der Waals surface area (Å²) in [6.45, 7) is 2.60. The zero-order chi connectivity index (χ0) is 26.9. The first-order chi connectivity index (χ1) is 18.3. The quantitative estimate of drug-likeness (QED) is 0.376. The summed E-state index contributed by atoms with van der Waals surface area (Å²) in [5.74, 6) is -0.163. The van der Waals surface area contributed by atoms with Crippen LogP contribution in [-0.2, 0) is 36.6 Å². The molecule has 0 atom stereocenters. The number of carbonyl (C=O) groups is 1. The Bertz CT molecular complexity index is 1640. The zero-order valence-corrected chi connectivity index (χ0v) is 22.0. The number of hydrogen-bond donors (Lipinski definition) is 0. The molecule has 38 heavy (non-hydrogen) atoms. The number of carbonyl (C=O) groups excluding carboxylic acids is 1. The van der Waals surface area contributed by atoms with Crippen molar-refractivity contribution >= 4 is 21.6 Å². The highest BCUT2D eigenvalue weighted by molar-refractivity contribution is 7.89. The predicted octanol–water partition coefficient (Wildman–Crippen LogP) is 4.19. The number of nitriles is 1. The van der Waals surface area contributed by atoms with Crippen LogP contribution in [0.4, 0.5) is 5.69 Å². The van der Waals surface area contributed by atoms with Crippen LogP contribution in [0.25, 0.3) is 0 Å². The molecule has 0 aliphatic carbocycles. The smallest absolute Gasteiger partial charge is 0.258 e. The Kier molecular flexibility index (Phi) is 6.85. The largest absolute Gasteiger partial charge is 0.302 e. The van der Waals surface area contributed by atoms with Crippen LogP contribution in [-0.4, -0.2) is 35.0 Å². The third-order valence-corrected chi connectivity index (χ3v) is 8.65. The van der Waals surface area contributed by atoms with E-state index in [0.717, 1.165) is 22.5 Å². The molecule has 0 radical (unpaired) electrons. The van der Waals surface area contributed by atoms with Gasteiger partial charge in [-0.3, -0.25) is 9.48 Å². The summed E-state index contributed by atoms with van der Waals surface area (Å²) >= 11 is 0. The summed E-state index contributed by atoms with van der Waals surface area (Å²) in [6, 6.07) is 24.9. The van der Waals surface area contributed by atoms with Crippen LogP contribution >= 0.6 is 0 Å². The number of anilines is 1. The van der Waals surface area contributed by atoms with Crippen LogP contribution in [0.15, 0.2) is 83.8 Å². The molecule has 192 valence electrons. The van der Waals surface area contributed by atoms with Gasteiger partial charge in [0.2, 0.25) is 10.0 Å². The number of benzene rings is 3. The van der Waals surface area contributed by atoms with Gasteiger partial charge in [0.1, 0.15) is 0 Å². The number of amides is 1. The fraction of sp³-hybridized carbons (Fsp3) is 0.207. The van der Waals surface area contributed by atoms with Crippen molar-refractivity contribution in [2.24, 2.45) is 7.05 Å². The minimum atomic E-state index is -3.82. The van der Waals surface area contributed by atoms with Gasteiger partial charge in [0.25, 0.3) is 5.91 Å². The maximum atomic E-state index is 13.7. The molecule has 0 fully saturated rings. The molecule has 0 unspecified atom stereocenters. The van der Waals surface area contributed by atoms with Crippen LogP contribution < -0.4 is 4.90 Å². The number of hydrogen-bond acceptors (Lipinski definition) is 5. The second kappa shape index (κ2) is 10.2. The maximum Gasteiger partial charge on any atom is 0.258 e. The molecule has 5 rings (SSSR count). The van der Waals surface area contributed by atoms with Crippen LogP contribution in [0.3, 0.4) is 0 Å². The lowest BCUT2D eigenvalue weighted by molar-refractivity contribution is 0.0984. The molecule has 0 saturated carbocycles. The van der Waals surface area contributed by atoms with Gasteiger partial charge in [0.15, 0.2) is 0 Å². The van der Waals surface area contributed by atoms with Gasteiger partial charge in [-0.2, -0.15) is 14.7 Å². The highest BCUT2D eigenvalue weighted by atomic mass is 32.2. The summed E-state index contributed by atoms with van der Waals surface area (Å²) in [5, 5.41) is 13.9.